The van der Waals surface area contributed by atoms with Crippen molar-refractivity contribution in [2.75, 3.05) is 19.0 Å². The molecule has 0 aliphatic carbocycles. The number of hydrogen-bond donors (Lipinski definition) is 0. The number of rotatable bonds is 6. The third-order valence-electron chi connectivity index (χ3n) is 3.10. The topological polar surface area (TPSA) is 63.9 Å². The monoisotopic (exact) mass is 347 g/mol. The Kier molecular flexibility index (Phi) is 4.82. The van der Waals surface area contributed by atoms with Crippen molar-refractivity contribution in [1.29, 1.82) is 0 Å². The van der Waals surface area contributed by atoms with Crippen LogP contribution in [-0.2, 0) is 22.3 Å². The second-order valence-corrected chi connectivity index (χ2v) is 7.39. The summed E-state index contributed by atoms with van der Waals surface area (Å²) in [5.41, 5.74) is 1.79. The molecule has 0 unspecified atom stereocenters. The fourth-order valence-corrected chi connectivity index (χ4v) is 3.69. The van der Waals surface area contributed by atoms with Gasteiger partial charge >= 0.3 is 0 Å². The first-order valence-electron chi connectivity index (χ1n) is 7.06. The lowest BCUT2D eigenvalue weighted by Gasteiger charge is -2.04. The van der Waals surface area contributed by atoms with Crippen LogP contribution in [0.1, 0.15) is 11.5 Å². The molecule has 0 N–H and O–H groups in total. The molecule has 0 saturated carbocycles. The highest BCUT2D eigenvalue weighted by Gasteiger charge is 2.11. The maximum Gasteiger partial charge on any atom is 0.204 e. The molecule has 0 saturated heterocycles. The summed E-state index contributed by atoms with van der Waals surface area (Å²) in [5.74, 6) is 1.37. The Hall–Kier alpha value is -2.06. The first-order chi connectivity index (χ1) is 11.1. The Morgan fingerprint density at radius 3 is 2.65 bits per heavy atom. The molecular weight excluding hydrogens is 330 g/mol. The molecule has 2 aromatic heterocycles. The Labute approximate surface area is 141 Å². The summed E-state index contributed by atoms with van der Waals surface area (Å²) in [6, 6.07) is 11.7. The van der Waals surface area contributed by atoms with E-state index in [0.29, 0.717) is 17.3 Å². The molecule has 0 bridgehead atoms. The average molecular weight is 347 g/mol. The van der Waals surface area contributed by atoms with Gasteiger partial charge in [-0.2, -0.15) is 9.47 Å². The van der Waals surface area contributed by atoms with Gasteiger partial charge in [-0.05, 0) is 18.2 Å². The predicted molar refractivity (Wildman–Crippen MR) is 93.4 cm³/mol. The highest BCUT2D eigenvalue weighted by Crippen LogP contribution is 2.16. The van der Waals surface area contributed by atoms with Gasteiger partial charge in [0.05, 0.1) is 22.9 Å². The molecule has 23 heavy (non-hydrogen) atoms. The van der Waals surface area contributed by atoms with Crippen LogP contribution >= 0.6 is 11.5 Å². The predicted octanol–water partition coefficient (Wildman–Crippen LogP) is 2.24. The maximum absolute atomic E-state index is 12.3. The summed E-state index contributed by atoms with van der Waals surface area (Å²) < 4.78 is 18.3. The number of benzene rings is 1. The zero-order valence-electron chi connectivity index (χ0n) is 12.9. The Bertz CT molecular complexity index is 797. The van der Waals surface area contributed by atoms with Crippen molar-refractivity contribution in [2.24, 2.45) is 0 Å². The number of hydrogen-bond acceptors (Lipinski definition) is 6. The van der Waals surface area contributed by atoms with E-state index in [9.17, 15) is 4.21 Å². The van der Waals surface area contributed by atoms with Crippen LogP contribution in [0, 0.1) is 0 Å². The fourth-order valence-electron chi connectivity index (χ4n) is 2.01. The van der Waals surface area contributed by atoms with Crippen LogP contribution in [0.25, 0.3) is 5.69 Å². The smallest absolute Gasteiger partial charge is 0.204 e. The number of anilines is 1. The first kappa shape index (κ1) is 15.8. The lowest BCUT2D eigenvalue weighted by atomic mass is 10.3. The van der Waals surface area contributed by atoms with E-state index in [1.807, 2.05) is 61.6 Å². The van der Waals surface area contributed by atoms with Crippen molar-refractivity contribution in [1.82, 2.24) is 19.1 Å². The van der Waals surface area contributed by atoms with Gasteiger partial charge in [-0.3, -0.25) is 4.21 Å². The van der Waals surface area contributed by atoms with Crippen LogP contribution in [-0.4, -0.2) is 37.4 Å². The van der Waals surface area contributed by atoms with Gasteiger partial charge in [0.1, 0.15) is 0 Å². The van der Waals surface area contributed by atoms with Crippen molar-refractivity contribution < 1.29 is 4.21 Å². The molecule has 0 amide bonds. The van der Waals surface area contributed by atoms with Crippen LogP contribution in [0.5, 0.6) is 0 Å². The van der Waals surface area contributed by atoms with E-state index >= 15 is 0 Å². The summed E-state index contributed by atoms with van der Waals surface area (Å²) in [5, 5.41) is 5.30. The number of para-hydroxylation sites is 1. The third kappa shape index (κ3) is 4.02. The fraction of sp³-hybridized carbons (Fsp3) is 0.267. The van der Waals surface area contributed by atoms with Gasteiger partial charge in [-0.25, -0.2) is 9.67 Å². The Morgan fingerprint density at radius 2 is 1.96 bits per heavy atom. The average Bonchev–Trinajstić information content (AvgIpc) is 3.18. The SMILES string of the molecule is CN(C)c1nc(C[S@@](=O)Cc2ccn(-c3ccccc3)n2)ns1. The van der Waals surface area contributed by atoms with E-state index in [1.165, 1.54) is 11.5 Å². The summed E-state index contributed by atoms with van der Waals surface area (Å²) in [7, 11) is 2.75. The van der Waals surface area contributed by atoms with Crippen molar-refractivity contribution in [3.63, 3.8) is 0 Å². The molecule has 6 nitrogen and oxygen atoms in total. The normalized spacial score (nSPS) is 12.3. The number of aromatic nitrogens is 4. The van der Waals surface area contributed by atoms with E-state index in [4.69, 9.17) is 0 Å². The summed E-state index contributed by atoms with van der Waals surface area (Å²) in [4.78, 5) is 6.25. The van der Waals surface area contributed by atoms with Crippen LogP contribution in [0.15, 0.2) is 42.6 Å². The molecule has 1 atom stereocenters. The molecule has 3 rings (SSSR count). The summed E-state index contributed by atoms with van der Waals surface area (Å²) >= 11 is 1.32. The molecule has 1 aromatic carbocycles. The van der Waals surface area contributed by atoms with E-state index in [0.717, 1.165) is 16.5 Å². The molecule has 3 aromatic rings. The Morgan fingerprint density at radius 1 is 1.17 bits per heavy atom. The largest absolute Gasteiger partial charge is 0.353 e. The van der Waals surface area contributed by atoms with E-state index in [-0.39, 0.29) is 0 Å². The molecule has 120 valence electrons. The maximum atomic E-state index is 12.3. The van der Waals surface area contributed by atoms with Crippen LogP contribution in [0.2, 0.25) is 0 Å². The standard InChI is InChI=1S/C15H17N5OS2/c1-19(2)15-16-14(18-22-15)11-23(21)10-12-8-9-20(17-12)13-6-4-3-5-7-13/h3-9H,10-11H2,1-2H3/t23-/m0/s1. The molecule has 0 spiro atoms. The lowest BCUT2D eigenvalue weighted by Crippen LogP contribution is -2.08. The van der Waals surface area contributed by atoms with E-state index in [1.54, 1.807) is 4.68 Å². The van der Waals surface area contributed by atoms with Crippen molar-refractivity contribution in [2.45, 2.75) is 11.5 Å². The molecule has 0 aliphatic rings. The molecule has 0 fully saturated rings. The second-order valence-electron chi connectivity index (χ2n) is 5.20. The zero-order valence-corrected chi connectivity index (χ0v) is 14.5. The van der Waals surface area contributed by atoms with Crippen LogP contribution < -0.4 is 4.90 Å². The van der Waals surface area contributed by atoms with Gasteiger partial charge in [0, 0.05) is 42.6 Å². The highest BCUT2D eigenvalue weighted by molar-refractivity contribution is 7.83. The molecule has 0 aliphatic heterocycles. The molecule has 2 heterocycles. The van der Waals surface area contributed by atoms with Gasteiger partial charge in [0.2, 0.25) is 5.13 Å². The van der Waals surface area contributed by atoms with Gasteiger partial charge in [-0.15, -0.1) is 0 Å². The minimum Gasteiger partial charge on any atom is -0.353 e. The summed E-state index contributed by atoms with van der Waals surface area (Å²) in [6.45, 7) is 0. The minimum atomic E-state index is -1.08. The minimum absolute atomic E-state index is 0.350. The van der Waals surface area contributed by atoms with E-state index in [2.05, 4.69) is 14.5 Å². The molecule has 0 radical (unpaired) electrons. The van der Waals surface area contributed by atoms with Gasteiger partial charge < -0.3 is 4.90 Å². The van der Waals surface area contributed by atoms with Crippen LogP contribution in [0.3, 0.4) is 0 Å². The molecule has 8 heteroatoms. The highest BCUT2D eigenvalue weighted by atomic mass is 32.2. The molecular formula is C15H17N5OS2. The van der Waals surface area contributed by atoms with Gasteiger partial charge in [0.25, 0.3) is 0 Å². The van der Waals surface area contributed by atoms with Gasteiger partial charge in [0.15, 0.2) is 5.82 Å². The zero-order chi connectivity index (χ0) is 16.2. The third-order valence-corrected chi connectivity index (χ3v) is 5.22. The first-order valence-corrected chi connectivity index (χ1v) is 9.33. The Balaban J connectivity index is 1.63. The van der Waals surface area contributed by atoms with Crippen molar-refractivity contribution in [3.05, 3.63) is 54.1 Å². The lowest BCUT2D eigenvalue weighted by molar-refractivity contribution is 0.680. The quantitative estimate of drug-likeness (QED) is 0.684. The van der Waals surface area contributed by atoms with Crippen molar-refractivity contribution >= 4 is 27.5 Å². The summed E-state index contributed by atoms with van der Waals surface area (Å²) in [6.07, 6.45) is 1.88. The number of nitrogens with zero attached hydrogens (tertiary/aromatic N) is 5. The second kappa shape index (κ2) is 7.01. The van der Waals surface area contributed by atoms with Gasteiger partial charge in [-0.1, -0.05) is 18.2 Å². The van der Waals surface area contributed by atoms with Crippen molar-refractivity contribution in [3.8, 4) is 5.69 Å². The van der Waals surface area contributed by atoms with Crippen LogP contribution in [0.4, 0.5) is 5.13 Å². The van der Waals surface area contributed by atoms with E-state index < -0.39 is 10.8 Å².